The predicted molar refractivity (Wildman–Crippen MR) is 27.4 cm³/mol. The summed E-state index contributed by atoms with van der Waals surface area (Å²) in [5, 5.41) is 27.9. The minimum Gasteiger partial charge on any atom is -1.00 e. The third-order valence-electron chi connectivity index (χ3n) is 0. The van der Waals surface area contributed by atoms with Crippen LogP contribution >= 0.6 is 0 Å². The largest absolute Gasteiger partial charge is 1.00 e. The van der Waals surface area contributed by atoms with E-state index in [1.165, 1.54) is 0 Å². The van der Waals surface area contributed by atoms with Gasteiger partial charge in [0.2, 0.25) is 0 Å². The number of carbonyl (C=O) groups is 2. The van der Waals surface area contributed by atoms with Gasteiger partial charge in [-0.25, -0.2) is 9.59 Å². The quantitative estimate of drug-likeness (QED) is 0.264. The molecule has 0 radical (unpaired) electrons. The van der Waals surface area contributed by atoms with Crippen LogP contribution in [0.15, 0.2) is 0 Å². The summed E-state index contributed by atoms with van der Waals surface area (Å²) in [6.45, 7) is 0. The van der Waals surface area contributed by atoms with E-state index in [-0.39, 0.29) is 59.0 Å². The first-order valence-electron chi connectivity index (χ1n) is 1.30. The van der Waals surface area contributed by atoms with Crippen LogP contribution < -0.4 is 57.5 Å². The van der Waals surface area contributed by atoms with Gasteiger partial charge in [-0.2, -0.15) is 0 Å². The van der Waals surface area contributed by atoms with E-state index in [1.54, 1.807) is 0 Å². The molecular weight excluding hydrogens is 173 g/mol. The molecule has 0 aromatic rings. The molecule has 0 heterocycles. The number of carboxylic acid groups (broad SMARTS) is 4. The van der Waals surface area contributed by atoms with Crippen LogP contribution in [0.2, 0.25) is 0 Å². The molecule has 0 rings (SSSR count). The van der Waals surface area contributed by atoms with Gasteiger partial charge in [-0.05, 0) is 0 Å². The number of hydrogen-bond donors (Lipinski definition) is 5. The van der Waals surface area contributed by atoms with E-state index in [9.17, 15) is 0 Å². The van der Waals surface area contributed by atoms with Crippen molar-refractivity contribution in [3.63, 3.8) is 0 Å². The van der Waals surface area contributed by atoms with Gasteiger partial charge in [0.05, 0.1) is 0 Å². The zero-order valence-electron chi connectivity index (χ0n) is 6.31. The van der Waals surface area contributed by atoms with Gasteiger partial charge in [0.25, 0.3) is 0 Å². The van der Waals surface area contributed by atoms with Gasteiger partial charge in [0.1, 0.15) is 0 Å². The molecule has 0 aliphatic rings. The fourth-order valence-electron chi connectivity index (χ4n) is 0. The van der Waals surface area contributed by atoms with Crippen LogP contribution in [-0.2, 0) is 0 Å². The van der Waals surface area contributed by atoms with Crippen LogP contribution in [0.4, 0.5) is 9.59 Å². The SMILES string of the molecule is N.O=C(O)O.O=C(O)O.[H-].[K+]. The van der Waals surface area contributed by atoms with Crippen molar-refractivity contribution in [3.8, 4) is 0 Å². The summed E-state index contributed by atoms with van der Waals surface area (Å²) in [5.74, 6) is 0. The van der Waals surface area contributed by atoms with Crippen LogP contribution in [0, 0.1) is 0 Å². The van der Waals surface area contributed by atoms with Crippen molar-refractivity contribution in [1.29, 1.82) is 0 Å². The monoisotopic (exact) mass is 181 g/mol. The third kappa shape index (κ3) is 22300. The summed E-state index contributed by atoms with van der Waals surface area (Å²) in [6, 6.07) is 0. The summed E-state index contributed by atoms with van der Waals surface area (Å²) in [7, 11) is 0. The molecular formula is C2H8KNO6. The molecule has 0 unspecified atom stereocenters. The first-order chi connectivity index (χ1) is 3.46. The molecule has 0 bridgehead atoms. The second-order valence-electron chi connectivity index (χ2n) is 0.565. The number of hydrogen-bond acceptors (Lipinski definition) is 3. The Kier molecular flexibility index (Phi) is 36.1. The Morgan fingerprint density at radius 2 is 0.900 bits per heavy atom. The van der Waals surface area contributed by atoms with Crippen molar-refractivity contribution in [2.45, 2.75) is 0 Å². The summed E-state index contributed by atoms with van der Waals surface area (Å²) < 4.78 is 0. The molecule has 0 spiro atoms. The maximum atomic E-state index is 8.56. The molecule has 0 fully saturated rings. The maximum Gasteiger partial charge on any atom is 1.00 e. The first-order valence-corrected chi connectivity index (χ1v) is 1.30. The Balaban J connectivity index is -0.0000000171. The minimum atomic E-state index is -1.83. The summed E-state index contributed by atoms with van der Waals surface area (Å²) in [5.41, 5.74) is 0. The van der Waals surface area contributed by atoms with E-state index >= 15 is 0 Å². The molecule has 0 atom stereocenters. The fraction of sp³-hybridized carbons (Fsp3) is 0. The van der Waals surface area contributed by atoms with Crippen LogP contribution in [-0.4, -0.2) is 32.7 Å². The summed E-state index contributed by atoms with van der Waals surface area (Å²) in [6.07, 6.45) is -3.67. The third-order valence-corrected chi connectivity index (χ3v) is 0. The molecule has 0 aliphatic carbocycles. The predicted octanol–water partition coefficient (Wildman–Crippen LogP) is -2.28. The van der Waals surface area contributed by atoms with E-state index in [0.717, 1.165) is 0 Å². The Labute approximate surface area is 100 Å². The van der Waals surface area contributed by atoms with Gasteiger partial charge in [0.15, 0.2) is 0 Å². The molecule has 10 heavy (non-hydrogen) atoms. The molecule has 58 valence electrons. The molecule has 0 saturated carbocycles. The molecule has 7 N–H and O–H groups in total. The standard InChI is InChI=1S/2CH2O3.K.H3N.H/c2*2-1(3)4;;;/h2*(H2,2,3,4);;1H3;/q;;+1;;-1. The van der Waals surface area contributed by atoms with Crippen molar-refractivity contribution < 1.29 is 82.8 Å². The minimum absolute atomic E-state index is 0. The van der Waals surface area contributed by atoms with E-state index in [4.69, 9.17) is 30.0 Å². The van der Waals surface area contributed by atoms with Gasteiger partial charge < -0.3 is 28.0 Å². The topological polar surface area (TPSA) is 150 Å². The summed E-state index contributed by atoms with van der Waals surface area (Å²) >= 11 is 0. The van der Waals surface area contributed by atoms with Crippen molar-refractivity contribution >= 4 is 12.3 Å². The maximum absolute atomic E-state index is 8.56. The summed E-state index contributed by atoms with van der Waals surface area (Å²) in [4.78, 5) is 17.1. The fourth-order valence-corrected chi connectivity index (χ4v) is 0. The van der Waals surface area contributed by atoms with Gasteiger partial charge in [-0.3, -0.25) is 0 Å². The second kappa shape index (κ2) is 16.1. The van der Waals surface area contributed by atoms with Crippen LogP contribution in [0.5, 0.6) is 0 Å². The van der Waals surface area contributed by atoms with Crippen LogP contribution in [0.1, 0.15) is 1.43 Å². The van der Waals surface area contributed by atoms with Crippen molar-refractivity contribution in [3.05, 3.63) is 0 Å². The molecule has 0 aromatic heterocycles. The van der Waals surface area contributed by atoms with E-state index < -0.39 is 12.3 Å². The number of rotatable bonds is 0. The first kappa shape index (κ1) is 22.5. The Bertz CT molecular complexity index is 78.6. The Hall–Kier alpha value is 0.136. The Morgan fingerprint density at radius 3 is 0.900 bits per heavy atom. The van der Waals surface area contributed by atoms with Gasteiger partial charge in [-0.1, -0.05) is 0 Å². The van der Waals surface area contributed by atoms with Crippen LogP contribution in [0.25, 0.3) is 0 Å². The molecule has 0 aliphatic heterocycles. The average molecular weight is 181 g/mol. The van der Waals surface area contributed by atoms with Gasteiger partial charge in [0, 0.05) is 0 Å². The van der Waals surface area contributed by atoms with Gasteiger partial charge in [-0.15, -0.1) is 0 Å². The van der Waals surface area contributed by atoms with Crippen LogP contribution in [0.3, 0.4) is 0 Å². The zero-order chi connectivity index (χ0) is 7.15. The smallest absolute Gasteiger partial charge is 1.00 e. The van der Waals surface area contributed by atoms with E-state index in [2.05, 4.69) is 0 Å². The van der Waals surface area contributed by atoms with Crippen molar-refractivity contribution in [1.82, 2.24) is 6.15 Å². The van der Waals surface area contributed by atoms with Gasteiger partial charge >= 0.3 is 63.7 Å². The van der Waals surface area contributed by atoms with E-state index in [0.29, 0.717) is 0 Å². The van der Waals surface area contributed by atoms with Crippen molar-refractivity contribution in [2.75, 3.05) is 0 Å². The molecule has 8 heteroatoms. The average Bonchev–Trinajstić information content (AvgIpc) is 1.25. The second-order valence-corrected chi connectivity index (χ2v) is 0.565. The Morgan fingerprint density at radius 1 is 0.900 bits per heavy atom. The molecule has 0 amide bonds. The molecule has 0 saturated heterocycles. The molecule has 0 aromatic carbocycles. The van der Waals surface area contributed by atoms with E-state index in [1.807, 2.05) is 0 Å². The molecule has 7 nitrogen and oxygen atoms in total. The zero-order valence-corrected chi connectivity index (χ0v) is 8.44. The normalized spacial score (nSPS) is 4.80. The van der Waals surface area contributed by atoms with Crippen molar-refractivity contribution in [2.24, 2.45) is 0 Å².